The maximum atomic E-state index is 6.16. The van der Waals surface area contributed by atoms with E-state index in [2.05, 4.69) is 25.9 Å². The van der Waals surface area contributed by atoms with E-state index in [1.165, 1.54) is 11.3 Å². The normalized spacial score (nSPS) is 13.6. The summed E-state index contributed by atoms with van der Waals surface area (Å²) in [7, 11) is 1.97. The molecule has 0 saturated heterocycles. The molecule has 1 heterocycles. The first kappa shape index (κ1) is 11.2. The van der Waals surface area contributed by atoms with Crippen LogP contribution < -0.4 is 5.73 Å². The van der Waals surface area contributed by atoms with Crippen molar-refractivity contribution < 1.29 is 0 Å². The van der Waals surface area contributed by atoms with Crippen molar-refractivity contribution in [2.75, 3.05) is 0 Å². The van der Waals surface area contributed by atoms with Crippen LogP contribution in [0.5, 0.6) is 0 Å². The van der Waals surface area contributed by atoms with Gasteiger partial charge in [0.1, 0.15) is 0 Å². The summed E-state index contributed by atoms with van der Waals surface area (Å²) in [4.78, 5) is 0. The Morgan fingerprint density at radius 3 is 2.29 bits per heavy atom. The van der Waals surface area contributed by atoms with Gasteiger partial charge in [0, 0.05) is 24.3 Å². The van der Waals surface area contributed by atoms with Gasteiger partial charge < -0.3 is 5.73 Å². The van der Waals surface area contributed by atoms with Crippen LogP contribution in [0.25, 0.3) is 0 Å². The van der Waals surface area contributed by atoms with Crippen molar-refractivity contribution in [3.05, 3.63) is 17.0 Å². The molecule has 0 amide bonds. The van der Waals surface area contributed by atoms with E-state index in [4.69, 9.17) is 5.73 Å². The lowest BCUT2D eigenvalue weighted by Gasteiger charge is -2.14. The Balaban J connectivity index is 2.94. The maximum Gasteiger partial charge on any atom is 0.0644 e. The van der Waals surface area contributed by atoms with Crippen molar-refractivity contribution in [2.45, 2.75) is 40.2 Å². The Kier molecular flexibility index (Phi) is 3.32. The van der Waals surface area contributed by atoms with E-state index in [0.717, 1.165) is 12.1 Å². The first-order valence-corrected chi connectivity index (χ1v) is 5.19. The van der Waals surface area contributed by atoms with Crippen LogP contribution in [0.3, 0.4) is 0 Å². The first-order valence-electron chi connectivity index (χ1n) is 5.19. The molecule has 0 aliphatic carbocycles. The average molecular weight is 195 g/mol. The van der Waals surface area contributed by atoms with Gasteiger partial charge in [0.05, 0.1) is 5.69 Å². The second-order valence-corrected chi connectivity index (χ2v) is 4.44. The van der Waals surface area contributed by atoms with Crippen LogP contribution in [0.4, 0.5) is 0 Å². The lowest BCUT2D eigenvalue weighted by molar-refractivity contribution is 0.507. The molecular formula is C11H21N3. The number of rotatable bonds is 3. The quantitative estimate of drug-likeness (QED) is 0.802. The molecule has 14 heavy (non-hydrogen) atoms. The third-order valence-electron chi connectivity index (χ3n) is 2.66. The van der Waals surface area contributed by atoms with E-state index in [-0.39, 0.29) is 6.04 Å². The zero-order chi connectivity index (χ0) is 10.9. The molecule has 1 aromatic rings. The third-order valence-corrected chi connectivity index (χ3v) is 2.66. The van der Waals surface area contributed by atoms with E-state index in [1.54, 1.807) is 0 Å². The molecule has 0 aromatic carbocycles. The number of hydrogen-bond acceptors (Lipinski definition) is 2. The van der Waals surface area contributed by atoms with Gasteiger partial charge in [0.2, 0.25) is 0 Å². The van der Waals surface area contributed by atoms with Crippen LogP contribution in [0.1, 0.15) is 43.3 Å². The highest BCUT2D eigenvalue weighted by Crippen LogP contribution is 2.24. The Labute approximate surface area is 86.3 Å². The molecule has 0 spiro atoms. The van der Waals surface area contributed by atoms with Crippen LogP contribution in [-0.2, 0) is 7.05 Å². The molecule has 0 aliphatic rings. The van der Waals surface area contributed by atoms with E-state index in [0.29, 0.717) is 5.92 Å². The van der Waals surface area contributed by atoms with E-state index in [9.17, 15) is 0 Å². The van der Waals surface area contributed by atoms with E-state index in [1.807, 2.05) is 18.7 Å². The van der Waals surface area contributed by atoms with Gasteiger partial charge in [-0.05, 0) is 26.2 Å². The average Bonchev–Trinajstić information content (AvgIpc) is 2.25. The van der Waals surface area contributed by atoms with Crippen molar-refractivity contribution in [1.29, 1.82) is 0 Å². The number of aryl methyl sites for hydroxylation is 2. The highest BCUT2D eigenvalue weighted by atomic mass is 15.3. The molecule has 1 unspecified atom stereocenters. The Bertz CT molecular complexity index is 313. The first-order chi connectivity index (χ1) is 6.43. The van der Waals surface area contributed by atoms with Crippen molar-refractivity contribution in [1.82, 2.24) is 9.78 Å². The zero-order valence-electron chi connectivity index (χ0n) is 9.83. The Hall–Kier alpha value is -0.830. The topological polar surface area (TPSA) is 43.8 Å². The Morgan fingerprint density at radius 1 is 1.36 bits per heavy atom. The van der Waals surface area contributed by atoms with E-state index < -0.39 is 0 Å². The van der Waals surface area contributed by atoms with Gasteiger partial charge in [-0.2, -0.15) is 5.10 Å². The molecule has 0 radical (unpaired) electrons. The van der Waals surface area contributed by atoms with Gasteiger partial charge in [-0.1, -0.05) is 13.8 Å². The molecule has 0 bridgehead atoms. The number of nitrogens with zero attached hydrogens (tertiary/aromatic N) is 2. The summed E-state index contributed by atoms with van der Waals surface area (Å²) in [5, 5.41) is 4.38. The van der Waals surface area contributed by atoms with Crippen molar-refractivity contribution in [3.8, 4) is 0 Å². The monoisotopic (exact) mass is 195 g/mol. The van der Waals surface area contributed by atoms with Gasteiger partial charge in [0.15, 0.2) is 0 Å². The zero-order valence-corrected chi connectivity index (χ0v) is 9.83. The second kappa shape index (κ2) is 4.13. The minimum absolute atomic E-state index is 0.128. The maximum absolute atomic E-state index is 6.16. The summed E-state index contributed by atoms with van der Waals surface area (Å²) < 4.78 is 1.91. The Morgan fingerprint density at radius 2 is 1.93 bits per heavy atom. The standard InChI is InChI=1S/C11H21N3/c1-7(2)6-10(12)11-8(3)13-14(5)9(11)4/h7,10H,6,12H2,1-5H3. The fraction of sp³-hybridized carbons (Fsp3) is 0.727. The molecule has 0 aliphatic heterocycles. The van der Waals surface area contributed by atoms with Gasteiger partial charge in [-0.3, -0.25) is 4.68 Å². The summed E-state index contributed by atoms with van der Waals surface area (Å²) in [6, 6.07) is 0.128. The SMILES string of the molecule is Cc1nn(C)c(C)c1C(N)CC(C)C. The van der Waals surface area contributed by atoms with Crippen molar-refractivity contribution in [2.24, 2.45) is 18.7 Å². The molecule has 1 rings (SSSR count). The molecule has 0 fully saturated rings. The van der Waals surface area contributed by atoms with Crippen LogP contribution in [-0.4, -0.2) is 9.78 Å². The van der Waals surface area contributed by atoms with Crippen LogP contribution >= 0.6 is 0 Å². The summed E-state index contributed by atoms with van der Waals surface area (Å²) in [5.74, 6) is 0.629. The van der Waals surface area contributed by atoms with E-state index >= 15 is 0 Å². The fourth-order valence-electron chi connectivity index (χ4n) is 1.95. The smallest absolute Gasteiger partial charge is 0.0644 e. The van der Waals surface area contributed by atoms with Gasteiger partial charge in [0.25, 0.3) is 0 Å². The molecular weight excluding hydrogens is 174 g/mol. The van der Waals surface area contributed by atoms with Crippen LogP contribution in [0, 0.1) is 19.8 Å². The predicted octanol–water partition coefficient (Wildman–Crippen LogP) is 2.08. The summed E-state index contributed by atoms with van der Waals surface area (Å²) in [6.07, 6.45) is 1.02. The summed E-state index contributed by atoms with van der Waals surface area (Å²) in [6.45, 7) is 8.50. The highest BCUT2D eigenvalue weighted by molar-refractivity contribution is 5.27. The minimum atomic E-state index is 0.128. The molecule has 80 valence electrons. The highest BCUT2D eigenvalue weighted by Gasteiger charge is 2.17. The fourth-order valence-corrected chi connectivity index (χ4v) is 1.95. The van der Waals surface area contributed by atoms with Crippen LogP contribution in [0.15, 0.2) is 0 Å². The largest absolute Gasteiger partial charge is 0.324 e. The molecule has 2 N–H and O–H groups in total. The van der Waals surface area contributed by atoms with Gasteiger partial charge in [-0.15, -0.1) is 0 Å². The summed E-state index contributed by atoms with van der Waals surface area (Å²) in [5.41, 5.74) is 9.64. The number of nitrogens with two attached hydrogens (primary N) is 1. The molecule has 3 heteroatoms. The number of aromatic nitrogens is 2. The van der Waals surface area contributed by atoms with Crippen LogP contribution in [0.2, 0.25) is 0 Å². The van der Waals surface area contributed by atoms with Crippen molar-refractivity contribution >= 4 is 0 Å². The third kappa shape index (κ3) is 2.15. The lowest BCUT2D eigenvalue weighted by Crippen LogP contribution is -2.14. The number of hydrogen-bond donors (Lipinski definition) is 1. The predicted molar refractivity (Wildman–Crippen MR) is 59.1 cm³/mol. The summed E-state index contributed by atoms with van der Waals surface area (Å²) >= 11 is 0. The lowest BCUT2D eigenvalue weighted by atomic mass is 9.96. The van der Waals surface area contributed by atoms with Crippen molar-refractivity contribution in [3.63, 3.8) is 0 Å². The molecule has 1 aromatic heterocycles. The molecule has 3 nitrogen and oxygen atoms in total. The molecule has 0 saturated carbocycles. The van der Waals surface area contributed by atoms with Gasteiger partial charge in [-0.25, -0.2) is 0 Å². The van der Waals surface area contributed by atoms with Gasteiger partial charge >= 0.3 is 0 Å². The molecule has 1 atom stereocenters. The second-order valence-electron chi connectivity index (χ2n) is 4.44. The minimum Gasteiger partial charge on any atom is -0.324 e.